The Hall–Kier alpha value is -2.56. The van der Waals surface area contributed by atoms with Gasteiger partial charge >= 0.3 is 5.97 Å². The summed E-state index contributed by atoms with van der Waals surface area (Å²) in [5, 5.41) is 0. The van der Waals surface area contributed by atoms with Gasteiger partial charge in [0.25, 0.3) is 0 Å². The minimum absolute atomic E-state index is 0.000506. The van der Waals surface area contributed by atoms with Crippen molar-refractivity contribution in [3.63, 3.8) is 0 Å². The Kier molecular flexibility index (Phi) is 7.83. The summed E-state index contributed by atoms with van der Waals surface area (Å²) in [5.41, 5.74) is 2.08. The van der Waals surface area contributed by atoms with E-state index in [1.54, 1.807) is 13.0 Å². The summed E-state index contributed by atoms with van der Waals surface area (Å²) >= 11 is 0. The van der Waals surface area contributed by atoms with E-state index in [-0.39, 0.29) is 51.6 Å². The summed E-state index contributed by atoms with van der Waals surface area (Å²) in [5.74, 6) is 0.268. The molecule has 0 radical (unpaired) electrons. The molecule has 0 spiro atoms. The van der Waals surface area contributed by atoms with Crippen LogP contribution in [-0.4, -0.2) is 29.4 Å². The number of esters is 1. The molecule has 5 heteroatoms. The summed E-state index contributed by atoms with van der Waals surface area (Å²) in [4.78, 5) is 48.4. The fraction of sp³-hybridized carbons (Fsp3) is 0.613. The van der Waals surface area contributed by atoms with Crippen LogP contribution in [0.15, 0.2) is 47.1 Å². The zero-order valence-electron chi connectivity index (χ0n) is 23.2. The fourth-order valence-corrected chi connectivity index (χ4v) is 7.80. The molecule has 3 rings (SSSR count). The van der Waals surface area contributed by atoms with E-state index in [2.05, 4.69) is 27.7 Å². The maximum absolute atomic E-state index is 13.5. The van der Waals surface area contributed by atoms with Crippen molar-refractivity contribution < 1.29 is 23.9 Å². The van der Waals surface area contributed by atoms with Crippen molar-refractivity contribution in [1.82, 2.24) is 0 Å². The van der Waals surface area contributed by atoms with Gasteiger partial charge in [-0.3, -0.25) is 19.2 Å². The Labute approximate surface area is 216 Å². The zero-order valence-corrected chi connectivity index (χ0v) is 23.2. The number of carbonyl (C=O) groups is 4. The van der Waals surface area contributed by atoms with Crippen molar-refractivity contribution in [2.75, 3.05) is 0 Å². The molecule has 196 valence electrons. The van der Waals surface area contributed by atoms with E-state index in [1.807, 2.05) is 19.1 Å². The van der Waals surface area contributed by atoms with Crippen LogP contribution in [0.5, 0.6) is 0 Å². The van der Waals surface area contributed by atoms with E-state index < -0.39 is 0 Å². The number of ether oxygens (including phenoxy) is 1. The Morgan fingerprint density at radius 1 is 0.889 bits per heavy atom. The highest BCUT2D eigenvalue weighted by Crippen LogP contribution is 2.69. The quantitative estimate of drug-likeness (QED) is 0.247. The first-order chi connectivity index (χ1) is 16.6. The molecular formula is C31H42O5. The van der Waals surface area contributed by atoms with Crippen molar-refractivity contribution in [3.05, 3.63) is 47.1 Å². The van der Waals surface area contributed by atoms with E-state index in [0.717, 1.165) is 36.8 Å². The van der Waals surface area contributed by atoms with E-state index in [0.29, 0.717) is 17.9 Å². The van der Waals surface area contributed by atoms with Crippen molar-refractivity contribution in [2.24, 2.45) is 28.1 Å². The van der Waals surface area contributed by atoms with E-state index in [4.69, 9.17) is 4.74 Å². The Balaban J connectivity index is 1.89. The van der Waals surface area contributed by atoms with Crippen LogP contribution in [-0.2, 0) is 23.9 Å². The molecule has 0 aromatic rings. The standard InChI is InChI=1S/C31H42O5/c1-19(23(34)13-12-21(3)32)10-9-11-20(2)28-24(35)18-26-30(7)17-15-27(36-22(4)33)29(5,6)25(30)14-16-31(26,28)8/h9-13,25-27H,14-18H2,1-8H3/b11-9?,13-12?,19-10?,28-20+. The number of fused-ring (bicyclic) bond motifs is 3. The smallest absolute Gasteiger partial charge is 0.302 e. The lowest BCUT2D eigenvalue weighted by Crippen LogP contribution is -2.58. The molecule has 3 aliphatic rings. The molecule has 36 heavy (non-hydrogen) atoms. The molecule has 5 atom stereocenters. The van der Waals surface area contributed by atoms with Gasteiger partial charge in [-0.15, -0.1) is 0 Å². The third-order valence-electron chi connectivity index (χ3n) is 9.48. The van der Waals surface area contributed by atoms with Gasteiger partial charge in [-0.25, -0.2) is 0 Å². The highest BCUT2D eigenvalue weighted by atomic mass is 16.5. The van der Waals surface area contributed by atoms with Crippen LogP contribution < -0.4 is 0 Å². The first-order valence-corrected chi connectivity index (χ1v) is 13.1. The molecule has 3 saturated carbocycles. The van der Waals surface area contributed by atoms with Crippen LogP contribution in [0.25, 0.3) is 0 Å². The number of Topliss-reactive ketones (excluding diaryl/α,β-unsaturated/α-hetero) is 1. The summed E-state index contributed by atoms with van der Waals surface area (Å²) in [6.07, 6.45) is 12.2. The molecular weight excluding hydrogens is 452 g/mol. The molecule has 5 unspecified atom stereocenters. The lowest BCUT2D eigenvalue weighted by atomic mass is 9.43. The van der Waals surface area contributed by atoms with Crippen LogP contribution >= 0.6 is 0 Å². The van der Waals surface area contributed by atoms with E-state index in [1.165, 1.54) is 26.0 Å². The second kappa shape index (κ2) is 10.1. The predicted molar refractivity (Wildman–Crippen MR) is 141 cm³/mol. The molecule has 3 aliphatic carbocycles. The monoisotopic (exact) mass is 494 g/mol. The van der Waals surface area contributed by atoms with Gasteiger partial charge in [0.15, 0.2) is 17.3 Å². The third-order valence-corrected chi connectivity index (χ3v) is 9.48. The molecule has 0 aromatic heterocycles. The number of hydrogen-bond donors (Lipinski definition) is 0. The normalized spacial score (nSPS) is 35.5. The molecule has 0 bridgehead atoms. The predicted octanol–water partition coefficient (Wildman–Crippen LogP) is 6.28. The zero-order chi connectivity index (χ0) is 27.1. The van der Waals surface area contributed by atoms with Gasteiger partial charge in [-0.05, 0) is 87.0 Å². The van der Waals surface area contributed by atoms with Crippen LogP contribution in [0.2, 0.25) is 0 Å². The van der Waals surface area contributed by atoms with Crippen LogP contribution in [0.1, 0.15) is 87.5 Å². The van der Waals surface area contributed by atoms with Gasteiger partial charge in [-0.1, -0.05) is 45.9 Å². The third kappa shape index (κ3) is 4.99. The minimum Gasteiger partial charge on any atom is -0.462 e. The highest BCUT2D eigenvalue weighted by molar-refractivity contribution is 6.07. The largest absolute Gasteiger partial charge is 0.462 e. The number of rotatable bonds is 6. The maximum Gasteiger partial charge on any atom is 0.302 e. The van der Waals surface area contributed by atoms with Crippen molar-refractivity contribution >= 4 is 23.3 Å². The minimum atomic E-state index is -0.220. The number of ketones is 3. The Bertz CT molecular complexity index is 1080. The second-order valence-corrected chi connectivity index (χ2v) is 12.2. The SMILES string of the molecule is CC(=O)C=CC(=O)C(C)=CC=C/C(C)=C1\C(=O)CC2C1(C)CCC1C(C)(C)C(OC(C)=O)CCC21C. The lowest BCUT2D eigenvalue weighted by molar-refractivity contribution is -0.185. The lowest BCUT2D eigenvalue weighted by Gasteiger charge is -2.62. The maximum atomic E-state index is 13.5. The van der Waals surface area contributed by atoms with Crippen molar-refractivity contribution in [1.29, 1.82) is 0 Å². The topological polar surface area (TPSA) is 77.5 Å². The first-order valence-electron chi connectivity index (χ1n) is 13.1. The van der Waals surface area contributed by atoms with E-state index >= 15 is 0 Å². The average Bonchev–Trinajstić information content (AvgIpc) is 3.05. The summed E-state index contributed by atoms with van der Waals surface area (Å²) < 4.78 is 5.75. The molecule has 0 N–H and O–H groups in total. The molecule has 3 fully saturated rings. The molecule has 0 saturated heterocycles. The summed E-state index contributed by atoms with van der Waals surface area (Å²) in [6.45, 7) is 15.7. The van der Waals surface area contributed by atoms with Gasteiger partial charge in [0.2, 0.25) is 0 Å². The number of allylic oxidation sites excluding steroid dienone is 8. The van der Waals surface area contributed by atoms with Gasteiger partial charge in [0, 0.05) is 29.7 Å². The summed E-state index contributed by atoms with van der Waals surface area (Å²) in [6, 6.07) is 0. The van der Waals surface area contributed by atoms with E-state index in [9.17, 15) is 19.2 Å². The summed E-state index contributed by atoms with van der Waals surface area (Å²) in [7, 11) is 0. The van der Waals surface area contributed by atoms with Crippen molar-refractivity contribution in [2.45, 2.75) is 93.6 Å². The number of hydrogen-bond acceptors (Lipinski definition) is 5. The molecule has 0 heterocycles. The van der Waals surface area contributed by atoms with Crippen molar-refractivity contribution in [3.8, 4) is 0 Å². The van der Waals surface area contributed by atoms with Crippen LogP contribution in [0, 0.1) is 28.1 Å². The van der Waals surface area contributed by atoms with Crippen LogP contribution in [0.3, 0.4) is 0 Å². The number of carbonyl (C=O) groups excluding carboxylic acids is 4. The average molecular weight is 495 g/mol. The van der Waals surface area contributed by atoms with Crippen LogP contribution in [0.4, 0.5) is 0 Å². The molecule has 0 aliphatic heterocycles. The van der Waals surface area contributed by atoms with Gasteiger partial charge < -0.3 is 4.74 Å². The molecule has 0 amide bonds. The fourth-order valence-electron chi connectivity index (χ4n) is 7.80. The molecule has 5 nitrogen and oxygen atoms in total. The first kappa shape index (κ1) is 28.0. The molecule has 0 aromatic carbocycles. The van der Waals surface area contributed by atoms with Gasteiger partial charge in [0.05, 0.1) is 0 Å². The Morgan fingerprint density at radius 2 is 1.56 bits per heavy atom. The highest BCUT2D eigenvalue weighted by Gasteiger charge is 2.65. The Morgan fingerprint density at radius 3 is 2.17 bits per heavy atom. The van der Waals surface area contributed by atoms with Gasteiger partial charge in [0.1, 0.15) is 6.10 Å². The van der Waals surface area contributed by atoms with Gasteiger partial charge in [-0.2, -0.15) is 0 Å². The second-order valence-electron chi connectivity index (χ2n) is 12.2.